The quantitative estimate of drug-likeness (QED) is 0.873. The lowest BCUT2D eigenvalue weighted by molar-refractivity contribution is -0.118. The number of anilines is 2. The van der Waals surface area contributed by atoms with Crippen LogP contribution in [0.3, 0.4) is 0 Å². The van der Waals surface area contributed by atoms with Crippen molar-refractivity contribution in [3.63, 3.8) is 0 Å². The molecule has 2 fully saturated rings. The molecule has 2 saturated heterocycles. The molecule has 1 atom stereocenters. The summed E-state index contributed by atoms with van der Waals surface area (Å²) in [6, 6.07) is 8.93. The molecule has 0 aliphatic carbocycles. The number of nitrogens with zero attached hydrogens (tertiary/aromatic N) is 2. The first-order chi connectivity index (χ1) is 12.2. The molecular formula is C21H33N3O. The first kappa shape index (κ1) is 18.2. The summed E-state index contributed by atoms with van der Waals surface area (Å²) in [4.78, 5) is 17.2. The number of piperidine rings is 2. The van der Waals surface area contributed by atoms with Crippen molar-refractivity contribution in [3.05, 3.63) is 24.3 Å². The zero-order valence-corrected chi connectivity index (χ0v) is 15.8. The van der Waals surface area contributed by atoms with E-state index in [0.29, 0.717) is 12.6 Å². The fourth-order valence-electron chi connectivity index (χ4n) is 4.14. The first-order valence-electron chi connectivity index (χ1n) is 10.0. The van der Waals surface area contributed by atoms with Crippen LogP contribution in [0.2, 0.25) is 0 Å². The molecular weight excluding hydrogens is 310 g/mol. The van der Waals surface area contributed by atoms with Crippen LogP contribution in [0, 0.1) is 5.92 Å². The average molecular weight is 344 g/mol. The van der Waals surface area contributed by atoms with E-state index in [4.69, 9.17) is 0 Å². The summed E-state index contributed by atoms with van der Waals surface area (Å²) in [6.07, 6.45) is 7.42. The molecule has 3 rings (SSSR count). The normalized spacial score (nSPS) is 22.8. The van der Waals surface area contributed by atoms with Gasteiger partial charge in [-0.25, -0.2) is 0 Å². The molecule has 0 spiro atoms. The Morgan fingerprint density at radius 1 is 1.08 bits per heavy atom. The Morgan fingerprint density at radius 3 is 2.48 bits per heavy atom. The maximum Gasteiger partial charge on any atom is 0.238 e. The zero-order chi connectivity index (χ0) is 17.6. The molecule has 1 N–H and O–H groups in total. The Hall–Kier alpha value is -1.55. The SMILES string of the molecule is CCC1CCCCN1CC(=O)Nc1ccc(N2CCC(C)CC2)cc1. The smallest absolute Gasteiger partial charge is 0.238 e. The third-order valence-corrected chi connectivity index (χ3v) is 5.87. The lowest BCUT2D eigenvalue weighted by atomic mass is 9.99. The van der Waals surface area contributed by atoms with E-state index in [-0.39, 0.29) is 5.91 Å². The number of nitrogens with one attached hydrogen (secondary N) is 1. The van der Waals surface area contributed by atoms with Gasteiger partial charge in [-0.2, -0.15) is 0 Å². The molecule has 25 heavy (non-hydrogen) atoms. The van der Waals surface area contributed by atoms with Crippen molar-refractivity contribution in [3.8, 4) is 0 Å². The molecule has 0 radical (unpaired) electrons. The Morgan fingerprint density at radius 2 is 1.80 bits per heavy atom. The van der Waals surface area contributed by atoms with Crippen LogP contribution < -0.4 is 10.2 Å². The number of hydrogen-bond donors (Lipinski definition) is 1. The third kappa shape index (κ3) is 4.97. The molecule has 138 valence electrons. The van der Waals surface area contributed by atoms with Crippen molar-refractivity contribution in [1.82, 2.24) is 4.90 Å². The van der Waals surface area contributed by atoms with Gasteiger partial charge >= 0.3 is 0 Å². The summed E-state index contributed by atoms with van der Waals surface area (Å²) in [7, 11) is 0. The number of carbonyl (C=O) groups excluding carboxylic acids is 1. The van der Waals surface area contributed by atoms with Gasteiger partial charge in [0, 0.05) is 30.5 Å². The summed E-state index contributed by atoms with van der Waals surface area (Å²) in [5.74, 6) is 0.955. The average Bonchev–Trinajstić information content (AvgIpc) is 2.63. The van der Waals surface area contributed by atoms with Crippen LogP contribution in [0.1, 0.15) is 52.4 Å². The molecule has 1 aromatic carbocycles. The Bertz CT molecular complexity index is 549. The monoisotopic (exact) mass is 343 g/mol. The van der Waals surface area contributed by atoms with Gasteiger partial charge in [-0.15, -0.1) is 0 Å². The van der Waals surface area contributed by atoms with Crippen LogP contribution in [-0.2, 0) is 4.79 Å². The molecule has 4 nitrogen and oxygen atoms in total. The molecule has 0 bridgehead atoms. The Balaban J connectivity index is 1.51. The fourth-order valence-corrected chi connectivity index (χ4v) is 4.14. The van der Waals surface area contributed by atoms with Crippen LogP contribution in [-0.4, -0.2) is 43.0 Å². The van der Waals surface area contributed by atoms with E-state index in [1.165, 1.54) is 37.8 Å². The van der Waals surface area contributed by atoms with Crippen LogP contribution in [0.5, 0.6) is 0 Å². The van der Waals surface area contributed by atoms with Crippen molar-refractivity contribution >= 4 is 17.3 Å². The molecule has 0 saturated carbocycles. The van der Waals surface area contributed by atoms with Crippen molar-refractivity contribution < 1.29 is 4.79 Å². The highest BCUT2D eigenvalue weighted by Gasteiger charge is 2.22. The van der Waals surface area contributed by atoms with Crippen LogP contribution in [0.4, 0.5) is 11.4 Å². The number of rotatable bonds is 5. The molecule has 2 heterocycles. The van der Waals surface area contributed by atoms with Crippen molar-refractivity contribution in [2.24, 2.45) is 5.92 Å². The van der Waals surface area contributed by atoms with E-state index < -0.39 is 0 Å². The largest absolute Gasteiger partial charge is 0.372 e. The second-order valence-corrected chi connectivity index (χ2v) is 7.79. The van der Waals surface area contributed by atoms with Crippen molar-refractivity contribution in [1.29, 1.82) is 0 Å². The fraction of sp³-hybridized carbons (Fsp3) is 0.667. The molecule has 0 aromatic heterocycles. The second kappa shape index (κ2) is 8.70. The van der Waals surface area contributed by atoms with Crippen LogP contribution in [0.15, 0.2) is 24.3 Å². The highest BCUT2D eigenvalue weighted by molar-refractivity contribution is 5.92. The Labute approximate surface area is 152 Å². The van der Waals surface area contributed by atoms with Crippen LogP contribution >= 0.6 is 0 Å². The number of benzene rings is 1. The van der Waals surface area contributed by atoms with Gasteiger partial charge in [0.05, 0.1) is 6.54 Å². The van der Waals surface area contributed by atoms with E-state index in [0.717, 1.165) is 37.7 Å². The molecule has 4 heteroatoms. The van der Waals surface area contributed by atoms with E-state index in [2.05, 4.69) is 41.1 Å². The summed E-state index contributed by atoms with van der Waals surface area (Å²) in [5.41, 5.74) is 2.18. The molecule has 1 unspecified atom stereocenters. The van der Waals surface area contributed by atoms with Gasteiger partial charge in [0.25, 0.3) is 0 Å². The van der Waals surface area contributed by atoms with Gasteiger partial charge in [0.1, 0.15) is 0 Å². The first-order valence-corrected chi connectivity index (χ1v) is 10.0. The van der Waals surface area contributed by atoms with Crippen LogP contribution in [0.25, 0.3) is 0 Å². The minimum Gasteiger partial charge on any atom is -0.372 e. The number of hydrogen-bond acceptors (Lipinski definition) is 3. The van der Waals surface area contributed by atoms with Gasteiger partial charge in [-0.3, -0.25) is 9.69 Å². The third-order valence-electron chi connectivity index (χ3n) is 5.87. The lowest BCUT2D eigenvalue weighted by Gasteiger charge is -2.34. The maximum absolute atomic E-state index is 12.4. The number of amides is 1. The van der Waals surface area contributed by atoms with Gasteiger partial charge in [0.15, 0.2) is 0 Å². The predicted octanol–water partition coefficient (Wildman–Crippen LogP) is 4.13. The maximum atomic E-state index is 12.4. The summed E-state index contributed by atoms with van der Waals surface area (Å²) < 4.78 is 0. The highest BCUT2D eigenvalue weighted by atomic mass is 16.2. The van der Waals surface area contributed by atoms with Gasteiger partial charge in [-0.1, -0.05) is 20.3 Å². The second-order valence-electron chi connectivity index (χ2n) is 7.79. The number of carbonyl (C=O) groups is 1. The molecule has 2 aliphatic rings. The minimum absolute atomic E-state index is 0.111. The summed E-state index contributed by atoms with van der Waals surface area (Å²) >= 11 is 0. The molecule has 2 aliphatic heterocycles. The summed E-state index contributed by atoms with van der Waals surface area (Å²) in [5, 5.41) is 3.07. The van der Waals surface area contributed by atoms with Gasteiger partial charge in [-0.05, 0) is 68.8 Å². The minimum atomic E-state index is 0.111. The topological polar surface area (TPSA) is 35.6 Å². The number of likely N-dealkylation sites (tertiary alicyclic amines) is 1. The summed E-state index contributed by atoms with van der Waals surface area (Å²) in [6.45, 7) is 8.41. The van der Waals surface area contributed by atoms with Gasteiger partial charge < -0.3 is 10.2 Å². The van der Waals surface area contributed by atoms with E-state index in [9.17, 15) is 4.79 Å². The lowest BCUT2D eigenvalue weighted by Crippen LogP contribution is -2.43. The van der Waals surface area contributed by atoms with E-state index >= 15 is 0 Å². The highest BCUT2D eigenvalue weighted by Crippen LogP contribution is 2.24. The van der Waals surface area contributed by atoms with Crippen molar-refractivity contribution in [2.75, 3.05) is 36.4 Å². The van der Waals surface area contributed by atoms with E-state index in [1.54, 1.807) is 0 Å². The molecule has 1 aromatic rings. The Kier molecular flexibility index (Phi) is 6.35. The predicted molar refractivity (Wildman–Crippen MR) is 105 cm³/mol. The van der Waals surface area contributed by atoms with E-state index in [1.807, 2.05) is 12.1 Å². The van der Waals surface area contributed by atoms with Gasteiger partial charge in [0.2, 0.25) is 5.91 Å². The molecule has 1 amide bonds. The standard InChI is InChI=1S/C21H33N3O/c1-3-19-6-4-5-13-24(19)16-21(25)22-18-7-9-20(10-8-18)23-14-11-17(2)12-15-23/h7-10,17,19H,3-6,11-16H2,1-2H3,(H,22,25). The zero-order valence-electron chi connectivity index (χ0n) is 15.8. The van der Waals surface area contributed by atoms with Crippen molar-refractivity contribution in [2.45, 2.75) is 58.4 Å².